The maximum atomic E-state index is 12.0. The van der Waals surface area contributed by atoms with Gasteiger partial charge >= 0.3 is 0 Å². The molecule has 0 saturated carbocycles. The van der Waals surface area contributed by atoms with E-state index in [-0.39, 0.29) is 24.6 Å². The molecule has 0 aromatic carbocycles. The lowest BCUT2D eigenvalue weighted by Crippen LogP contribution is -2.53. The van der Waals surface area contributed by atoms with Crippen molar-refractivity contribution in [2.24, 2.45) is 0 Å². The first-order valence-electron chi connectivity index (χ1n) is 6.84. The zero-order chi connectivity index (χ0) is 13.4. The molecule has 0 aliphatic carbocycles. The van der Waals surface area contributed by atoms with E-state index in [0.717, 1.165) is 32.2 Å². The van der Waals surface area contributed by atoms with Crippen molar-refractivity contribution in [1.29, 1.82) is 0 Å². The third-order valence-corrected chi connectivity index (χ3v) is 3.58. The second-order valence-electron chi connectivity index (χ2n) is 4.88. The van der Waals surface area contributed by atoms with Crippen LogP contribution < -0.4 is 5.32 Å². The number of hydrogen-bond acceptors (Lipinski definition) is 4. The predicted molar refractivity (Wildman–Crippen MR) is 70.4 cm³/mol. The van der Waals surface area contributed by atoms with E-state index in [1.807, 2.05) is 6.92 Å². The fraction of sp³-hybridized carbons (Fsp3) is 0.923. The molecule has 0 radical (unpaired) electrons. The Morgan fingerprint density at radius 3 is 3.00 bits per heavy atom. The van der Waals surface area contributed by atoms with E-state index in [9.17, 15) is 9.90 Å². The lowest BCUT2D eigenvalue weighted by atomic mass is 10.0. The molecular weight excluding hydrogens is 232 g/mol. The normalized spacial score (nSPS) is 22.7. The van der Waals surface area contributed by atoms with Gasteiger partial charge in [-0.3, -0.25) is 9.69 Å². The van der Waals surface area contributed by atoms with E-state index in [1.165, 1.54) is 0 Å². The molecule has 1 aliphatic heterocycles. The molecule has 18 heavy (non-hydrogen) atoms. The van der Waals surface area contributed by atoms with Crippen molar-refractivity contribution in [3.8, 4) is 0 Å². The van der Waals surface area contributed by atoms with E-state index >= 15 is 0 Å². The van der Waals surface area contributed by atoms with Crippen molar-refractivity contribution < 1.29 is 14.6 Å². The third kappa shape index (κ3) is 4.55. The van der Waals surface area contributed by atoms with Gasteiger partial charge in [0.25, 0.3) is 0 Å². The zero-order valence-electron chi connectivity index (χ0n) is 11.5. The van der Waals surface area contributed by atoms with E-state index in [0.29, 0.717) is 13.2 Å². The lowest BCUT2D eigenvalue weighted by Gasteiger charge is -2.38. The summed E-state index contributed by atoms with van der Waals surface area (Å²) >= 11 is 0. The van der Waals surface area contributed by atoms with Crippen LogP contribution in [0.25, 0.3) is 0 Å². The molecule has 0 bridgehead atoms. The van der Waals surface area contributed by atoms with Crippen LogP contribution in [0.1, 0.15) is 32.6 Å². The molecular formula is C13H26N2O3. The largest absolute Gasteiger partial charge is 0.395 e. The van der Waals surface area contributed by atoms with Crippen LogP contribution in [0, 0.1) is 0 Å². The minimum Gasteiger partial charge on any atom is -0.395 e. The highest BCUT2D eigenvalue weighted by atomic mass is 16.5. The lowest BCUT2D eigenvalue weighted by molar-refractivity contribution is -0.127. The van der Waals surface area contributed by atoms with Gasteiger partial charge in [0.2, 0.25) is 5.91 Å². The van der Waals surface area contributed by atoms with Crippen LogP contribution in [-0.2, 0) is 9.53 Å². The van der Waals surface area contributed by atoms with Crippen molar-refractivity contribution in [3.63, 3.8) is 0 Å². The number of carbonyl (C=O) groups excluding carboxylic acids is 1. The van der Waals surface area contributed by atoms with Gasteiger partial charge in [0, 0.05) is 26.3 Å². The average Bonchev–Trinajstić information content (AvgIpc) is 2.42. The number of nitrogens with one attached hydrogen (secondary N) is 1. The Morgan fingerprint density at radius 1 is 1.56 bits per heavy atom. The quantitative estimate of drug-likeness (QED) is 0.648. The number of rotatable bonds is 7. The summed E-state index contributed by atoms with van der Waals surface area (Å²) in [4.78, 5) is 14.1. The van der Waals surface area contributed by atoms with Gasteiger partial charge in [-0.2, -0.15) is 0 Å². The van der Waals surface area contributed by atoms with E-state index in [4.69, 9.17) is 4.74 Å². The SMILES string of the molecule is COCCCNC(=O)C(C)N1CCCCC1CO. The van der Waals surface area contributed by atoms with Crippen molar-refractivity contribution >= 4 is 5.91 Å². The zero-order valence-corrected chi connectivity index (χ0v) is 11.5. The standard InChI is InChI=1S/C13H26N2O3/c1-11(13(17)14-7-5-9-18-2)15-8-4-3-6-12(15)10-16/h11-12,16H,3-10H2,1-2H3,(H,14,17). The van der Waals surface area contributed by atoms with Gasteiger partial charge in [-0.1, -0.05) is 6.42 Å². The van der Waals surface area contributed by atoms with Crippen molar-refractivity contribution in [2.75, 3.05) is 33.4 Å². The second-order valence-corrected chi connectivity index (χ2v) is 4.88. The number of ether oxygens (including phenoxy) is 1. The molecule has 2 N–H and O–H groups in total. The van der Waals surface area contributed by atoms with Crippen LogP contribution in [0.2, 0.25) is 0 Å². The van der Waals surface area contributed by atoms with Crippen molar-refractivity contribution in [1.82, 2.24) is 10.2 Å². The maximum Gasteiger partial charge on any atom is 0.237 e. The Bertz CT molecular complexity index is 248. The molecule has 1 amide bonds. The van der Waals surface area contributed by atoms with Gasteiger partial charge < -0.3 is 15.2 Å². The van der Waals surface area contributed by atoms with Gasteiger partial charge in [-0.05, 0) is 32.7 Å². The predicted octanol–water partition coefficient (Wildman–Crippen LogP) is 0.374. The molecule has 0 aromatic rings. The Kier molecular flexibility index (Phi) is 7.23. The van der Waals surface area contributed by atoms with Gasteiger partial charge in [-0.25, -0.2) is 0 Å². The highest BCUT2D eigenvalue weighted by Crippen LogP contribution is 2.19. The number of hydrogen-bond donors (Lipinski definition) is 2. The summed E-state index contributed by atoms with van der Waals surface area (Å²) in [5.41, 5.74) is 0. The van der Waals surface area contributed by atoms with E-state index in [2.05, 4.69) is 10.2 Å². The Labute approximate surface area is 109 Å². The molecule has 0 aromatic heterocycles. The molecule has 1 saturated heterocycles. The van der Waals surface area contributed by atoms with Crippen molar-refractivity contribution in [2.45, 2.75) is 44.7 Å². The van der Waals surface area contributed by atoms with E-state index < -0.39 is 0 Å². The van der Waals surface area contributed by atoms with Crippen LogP contribution >= 0.6 is 0 Å². The average molecular weight is 258 g/mol. The number of aliphatic hydroxyl groups excluding tert-OH is 1. The molecule has 1 aliphatic rings. The molecule has 0 spiro atoms. The highest BCUT2D eigenvalue weighted by Gasteiger charge is 2.29. The van der Waals surface area contributed by atoms with Crippen LogP contribution in [0.3, 0.4) is 0 Å². The maximum absolute atomic E-state index is 12.0. The molecule has 106 valence electrons. The summed E-state index contributed by atoms with van der Waals surface area (Å²) in [6.07, 6.45) is 4.07. The summed E-state index contributed by atoms with van der Waals surface area (Å²) in [6.45, 7) is 4.27. The Morgan fingerprint density at radius 2 is 2.33 bits per heavy atom. The smallest absolute Gasteiger partial charge is 0.237 e. The van der Waals surface area contributed by atoms with Gasteiger partial charge in [-0.15, -0.1) is 0 Å². The minimum absolute atomic E-state index is 0.0476. The molecule has 2 atom stereocenters. The summed E-state index contributed by atoms with van der Waals surface area (Å²) in [7, 11) is 1.66. The number of aliphatic hydroxyl groups is 1. The minimum atomic E-state index is -0.162. The second kappa shape index (κ2) is 8.45. The summed E-state index contributed by atoms with van der Waals surface area (Å²) in [5, 5.41) is 12.3. The van der Waals surface area contributed by atoms with Gasteiger partial charge in [0.05, 0.1) is 12.6 Å². The number of methoxy groups -OCH3 is 1. The molecule has 5 nitrogen and oxygen atoms in total. The first-order chi connectivity index (χ1) is 8.70. The Balaban J connectivity index is 2.36. The number of nitrogens with zero attached hydrogens (tertiary/aromatic N) is 1. The molecule has 1 rings (SSSR count). The van der Waals surface area contributed by atoms with Crippen LogP contribution in [0.15, 0.2) is 0 Å². The molecule has 5 heteroatoms. The number of carbonyl (C=O) groups is 1. The summed E-state index contributed by atoms with van der Waals surface area (Å²) in [6, 6.07) is -0.0246. The first kappa shape index (κ1) is 15.4. The topological polar surface area (TPSA) is 61.8 Å². The van der Waals surface area contributed by atoms with Crippen molar-refractivity contribution in [3.05, 3.63) is 0 Å². The molecule has 1 heterocycles. The highest BCUT2D eigenvalue weighted by molar-refractivity contribution is 5.81. The fourth-order valence-corrected chi connectivity index (χ4v) is 2.46. The summed E-state index contributed by atoms with van der Waals surface area (Å²) in [5.74, 6) is 0.0476. The van der Waals surface area contributed by atoms with Crippen LogP contribution in [0.5, 0.6) is 0 Å². The monoisotopic (exact) mass is 258 g/mol. The first-order valence-corrected chi connectivity index (χ1v) is 6.84. The molecule has 2 unspecified atom stereocenters. The number of likely N-dealkylation sites (tertiary alicyclic amines) is 1. The van der Waals surface area contributed by atoms with Crippen LogP contribution in [0.4, 0.5) is 0 Å². The number of piperidine rings is 1. The van der Waals surface area contributed by atoms with E-state index in [1.54, 1.807) is 7.11 Å². The van der Waals surface area contributed by atoms with Gasteiger partial charge in [0.15, 0.2) is 0 Å². The third-order valence-electron chi connectivity index (χ3n) is 3.58. The number of amides is 1. The van der Waals surface area contributed by atoms with Gasteiger partial charge in [0.1, 0.15) is 0 Å². The Hall–Kier alpha value is -0.650. The fourth-order valence-electron chi connectivity index (χ4n) is 2.46. The van der Waals surface area contributed by atoms with Crippen LogP contribution in [-0.4, -0.2) is 61.4 Å². The summed E-state index contributed by atoms with van der Waals surface area (Å²) < 4.78 is 4.94. The molecule has 1 fully saturated rings.